The first-order valence-corrected chi connectivity index (χ1v) is 7.11. The molecule has 0 aromatic heterocycles. The molecule has 0 amide bonds. The minimum Gasteiger partial charge on any atom is -0.508 e. The zero-order valence-electron chi connectivity index (χ0n) is 11.4. The fourth-order valence-electron chi connectivity index (χ4n) is 3.02. The maximum Gasteiger partial charge on any atom is 0.115 e. The number of fused-ring (bicyclic) bond motifs is 1. The Morgan fingerprint density at radius 2 is 1.79 bits per heavy atom. The first-order chi connectivity index (χ1) is 9.22. The molecular weight excluding hydrogens is 232 g/mol. The second kappa shape index (κ2) is 5.08. The van der Waals surface area contributed by atoms with Gasteiger partial charge in [-0.25, -0.2) is 0 Å². The zero-order valence-corrected chi connectivity index (χ0v) is 11.4. The lowest BCUT2D eigenvalue weighted by Crippen LogP contribution is -1.95. The molecule has 1 nitrogen and oxygen atoms in total. The van der Waals surface area contributed by atoms with Crippen molar-refractivity contribution >= 4 is 0 Å². The highest BCUT2D eigenvalue weighted by atomic mass is 16.3. The Morgan fingerprint density at radius 1 is 0.947 bits per heavy atom. The van der Waals surface area contributed by atoms with Crippen LogP contribution in [0.15, 0.2) is 36.4 Å². The van der Waals surface area contributed by atoms with Crippen LogP contribution in [0.1, 0.15) is 34.2 Å². The van der Waals surface area contributed by atoms with Gasteiger partial charge in [-0.15, -0.1) is 0 Å². The van der Waals surface area contributed by atoms with Gasteiger partial charge in [0.25, 0.3) is 0 Å². The van der Waals surface area contributed by atoms with Crippen LogP contribution in [-0.4, -0.2) is 5.11 Å². The van der Waals surface area contributed by atoms with Gasteiger partial charge in [-0.05, 0) is 79.0 Å². The van der Waals surface area contributed by atoms with Crippen molar-refractivity contribution in [3.05, 3.63) is 64.2 Å². The first kappa shape index (κ1) is 12.3. The summed E-state index contributed by atoms with van der Waals surface area (Å²) < 4.78 is 0. The summed E-state index contributed by atoms with van der Waals surface area (Å²) >= 11 is 0. The number of aryl methyl sites for hydroxylation is 5. The molecule has 2 aromatic carbocycles. The largest absolute Gasteiger partial charge is 0.508 e. The van der Waals surface area contributed by atoms with Crippen molar-refractivity contribution in [2.45, 2.75) is 39.0 Å². The van der Waals surface area contributed by atoms with Gasteiger partial charge in [0.05, 0.1) is 0 Å². The summed E-state index contributed by atoms with van der Waals surface area (Å²) in [5.74, 6) is 0.360. The van der Waals surface area contributed by atoms with Gasteiger partial charge in [0.1, 0.15) is 5.75 Å². The molecule has 19 heavy (non-hydrogen) atoms. The van der Waals surface area contributed by atoms with E-state index in [0.717, 1.165) is 12.8 Å². The Labute approximate surface area is 114 Å². The predicted molar refractivity (Wildman–Crippen MR) is 78.7 cm³/mol. The number of hydrogen-bond donors (Lipinski definition) is 1. The van der Waals surface area contributed by atoms with Crippen LogP contribution in [0, 0.1) is 6.92 Å². The minimum atomic E-state index is 0.360. The van der Waals surface area contributed by atoms with Gasteiger partial charge in [-0.1, -0.05) is 24.3 Å². The SMILES string of the molecule is Cc1cc(O)ccc1CCc1ccc2c(c1)CCC2. The Bertz CT molecular complexity index is 599. The number of benzene rings is 2. The summed E-state index contributed by atoms with van der Waals surface area (Å²) in [6, 6.07) is 12.6. The predicted octanol–water partition coefficient (Wildman–Crippen LogP) is 3.97. The fourth-order valence-corrected chi connectivity index (χ4v) is 3.02. The number of aromatic hydroxyl groups is 1. The molecule has 2 aromatic rings. The fraction of sp³-hybridized carbons (Fsp3) is 0.333. The van der Waals surface area contributed by atoms with E-state index < -0.39 is 0 Å². The van der Waals surface area contributed by atoms with Crippen LogP contribution >= 0.6 is 0 Å². The summed E-state index contributed by atoms with van der Waals surface area (Å²) in [5, 5.41) is 9.43. The van der Waals surface area contributed by atoms with Crippen LogP contribution in [0.2, 0.25) is 0 Å². The second-order valence-corrected chi connectivity index (χ2v) is 5.57. The maximum atomic E-state index is 9.43. The van der Waals surface area contributed by atoms with Gasteiger partial charge >= 0.3 is 0 Å². The van der Waals surface area contributed by atoms with Crippen molar-refractivity contribution in [1.82, 2.24) is 0 Å². The number of rotatable bonds is 3. The summed E-state index contributed by atoms with van der Waals surface area (Å²) in [4.78, 5) is 0. The lowest BCUT2D eigenvalue weighted by molar-refractivity contribution is 0.474. The van der Waals surface area contributed by atoms with Crippen molar-refractivity contribution in [2.75, 3.05) is 0 Å². The van der Waals surface area contributed by atoms with Crippen molar-refractivity contribution < 1.29 is 5.11 Å². The molecule has 1 aliphatic rings. The second-order valence-electron chi connectivity index (χ2n) is 5.57. The molecule has 1 N–H and O–H groups in total. The molecule has 0 aliphatic heterocycles. The third-order valence-corrected chi connectivity index (χ3v) is 4.17. The Hall–Kier alpha value is -1.76. The van der Waals surface area contributed by atoms with E-state index in [1.54, 1.807) is 17.2 Å². The molecule has 0 saturated heterocycles. The van der Waals surface area contributed by atoms with Crippen molar-refractivity contribution in [1.29, 1.82) is 0 Å². The standard InChI is InChI=1S/C18H20O/c1-13-11-18(19)10-9-15(13)7-5-14-6-8-16-3-2-4-17(16)12-14/h6,8-12,19H,2-5,7H2,1H3. The molecule has 0 radical (unpaired) electrons. The molecule has 0 spiro atoms. The molecule has 0 heterocycles. The van der Waals surface area contributed by atoms with Crippen molar-refractivity contribution in [3.8, 4) is 5.75 Å². The molecule has 3 rings (SSSR count). The number of hydrogen-bond acceptors (Lipinski definition) is 1. The van der Waals surface area contributed by atoms with E-state index in [4.69, 9.17) is 0 Å². The molecule has 1 heteroatoms. The van der Waals surface area contributed by atoms with Crippen LogP contribution in [-0.2, 0) is 25.7 Å². The van der Waals surface area contributed by atoms with Crippen LogP contribution in [0.3, 0.4) is 0 Å². The lowest BCUT2D eigenvalue weighted by Gasteiger charge is -2.08. The lowest BCUT2D eigenvalue weighted by atomic mass is 9.98. The third kappa shape index (κ3) is 2.65. The van der Waals surface area contributed by atoms with E-state index >= 15 is 0 Å². The monoisotopic (exact) mass is 252 g/mol. The van der Waals surface area contributed by atoms with Crippen molar-refractivity contribution in [2.24, 2.45) is 0 Å². The summed E-state index contributed by atoms with van der Waals surface area (Å²) in [6.07, 6.45) is 5.95. The Morgan fingerprint density at radius 3 is 2.63 bits per heavy atom. The molecule has 0 fully saturated rings. The smallest absolute Gasteiger partial charge is 0.115 e. The molecule has 0 unspecified atom stereocenters. The summed E-state index contributed by atoms with van der Waals surface area (Å²) in [7, 11) is 0. The molecule has 0 atom stereocenters. The molecule has 98 valence electrons. The quantitative estimate of drug-likeness (QED) is 0.876. The highest BCUT2D eigenvalue weighted by molar-refractivity contribution is 5.37. The van der Waals surface area contributed by atoms with Gasteiger partial charge in [0.2, 0.25) is 0 Å². The van der Waals surface area contributed by atoms with Crippen LogP contribution < -0.4 is 0 Å². The highest BCUT2D eigenvalue weighted by Crippen LogP contribution is 2.24. The van der Waals surface area contributed by atoms with Gasteiger partial charge < -0.3 is 5.11 Å². The average Bonchev–Trinajstić information content (AvgIpc) is 2.85. The Balaban J connectivity index is 1.72. The minimum absolute atomic E-state index is 0.360. The topological polar surface area (TPSA) is 20.2 Å². The number of phenols is 1. The molecular formula is C18H20O. The zero-order chi connectivity index (χ0) is 13.2. The van der Waals surface area contributed by atoms with Crippen LogP contribution in [0.5, 0.6) is 5.75 Å². The maximum absolute atomic E-state index is 9.43. The first-order valence-electron chi connectivity index (χ1n) is 7.11. The average molecular weight is 252 g/mol. The van der Waals surface area contributed by atoms with E-state index in [2.05, 4.69) is 25.1 Å². The summed E-state index contributed by atoms with van der Waals surface area (Å²) in [6.45, 7) is 2.07. The van der Waals surface area contributed by atoms with Crippen LogP contribution in [0.4, 0.5) is 0 Å². The van der Waals surface area contributed by atoms with Gasteiger partial charge in [-0.3, -0.25) is 0 Å². The normalized spacial score (nSPS) is 13.5. The van der Waals surface area contributed by atoms with Gasteiger partial charge in [0, 0.05) is 0 Å². The number of phenolic OH excluding ortho intramolecular Hbond substituents is 1. The van der Waals surface area contributed by atoms with E-state index in [0.29, 0.717) is 5.75 Å². The van der Waals surface area contributed by atoms with Crippen molar-refractivity contribution in [3.63, 3.8) is 0 Å². The van der Waals surface area contributed by atoms with Crippen LogP contribution in [0.25, 0.3) is 0 Å². The van der Waals surface area contributed by atoms with E-state index in [9.17, 15) is 5.11 Å². The van der Waals surface area contributed by atoms with Gasteiger partial charge in [-0.2, -0.15) is 0 Å². The molecule has 0 bridgehead atoms. The van der Waals surface area contributed by atoms with E-state index in [1.165, 1.54) is 36.0 Å². The highest BCUT2D eigenvalue weighted by Gasteiger charge is 2.10. The van der Waals surface area contributed by atoms with E-state index in [-0.39, 0.29) is 0 Å². The third-order valence-electron chi connectivity index (χ3n) is 4.17. The van der Waals surface area contributed by atoms with Gasteiger partial charge in [0.15, 0.2) is 0 Å². The Kier molecular flexibility index (Phi) is 3.29. The van der Waals surface area contributed by atoms with E-state index in [1.807, 2.05) is 12.1 Å². The summed E-state index contributed by atoms with van der Waals surface area (Å²) in [5.41, 5.74) is 7.05. The molecule has 0 saturated carbocycles. The molecule has 1 aliphatic carbocycles.